The van der Waals surface area contributed by atoms with Gasteiger partial charge in [-0.3, -0.25) is 0 Å². The molecule has 1 fully saturated rings. The number of benzene rings is 2. The number of carbonyl (C=O) groups excluding carboxylic acids is 1. The van der Waals surface area contributed by atoms with Crippen LogP contribution in [-0.2, 0) is 22.4 Å². The van der Waals surface area contributed by atoms with Crippen molar-refractivity contribution in [2.24, 2.45) is 0 Å². The Labute approximate surface area is 301 Å². The Morgan fingerprint density at radius 2 is 1.90 bits per heavy atom. The first kappa shape index (κ1) is 34.9. The van der Waals surface area contributed by atoms with Crippen molar-refractivity contribution in [2.45, 2.75) is 51.7 Å². The van der Waals surface area contributed by atoms with Gasteiger partial charge in [0.2, 0.25) is 5.88 Å². The molecule has 5 heterocycles. The summed E-state index contributed by atoms with van der Waals surface area (Å²) in [6, 6.07) is 15.3. The van der Waals surface area contributed by atoms with Crippen molar-refractivity contribution in [3.8, 4) is 45.3 Å². The van der Waals surface area contributed by atoms with Crippen LogP contribution >= 0.6 is 11.3 Å². The van der Waals surface area contributed by atoms with E-state index in [9.17, 15) is 9.18 Å². The Balaban J connectivity index is 1.38. The molecule has 2 aliphatic heterocycles. The molecule has 7 rings (SSSR count). The largest absolute Gasteiger partial charge is 0.490 e. The van der Waals surface area contributed by atoms with Gasteiger partial charge >= 0.3 is 6.09 Å². The van der Waals surface area contributed by atoms with E-state index in [1.807, 2.05) is 27.0 Å². The van der Waals surface area contributed by atoms with Crippen molar-refractivity contribution in [3.63, 3.8) is 0 Å². The van der Waals surface area contributed by atoms with Crippen LogP contribution in [0.1, 0.15) is 49.8 Å². The van der Waals surface area contributed by atoms with Gasteiger partial charge in [-0.1, -0.05) is 12.1 Å². The third kappa shape index (κ3) is 7.28. The third-order valence-corrected chi connectivity index (χ3v) is 10.3. The molecule has 0 radical (unpaired) electrons. The molecule has 1 N–H and O–H groups in total. The molecule has 1 saturated heterocycles. The van der Waals surface area contributed by atoms with E-state index in [1.165, 1.54) is 17.7 Å². The number of fused-ring (bicyclic) bond motifs is 2. The van der Waals surface area contributed by atoms with Crippen LogP contribution in [0.25, 0.3) is 43.7 Å². The molecule has 5 aromatic rings. The first-order valence-corrected chi connectivity index (χ1v) is 18.2. The van der Waals surface area contributed by atoms with E-state index in [1.54, 1.807) is 36.5 Å². The van der Waals surface area contributed by atoms with Crippen LogP contribution in [0, 0.1) is 5.82 Å². The third-order valence-electron chi connectivity index (χ3n) is 9.36. The molecular weight excluding hydrogens is 668 g/mol. The van der Waals surface area contributed by atoms with Crippen molar-refractivity contribution >= 4 is 27.5 Å². The maximum atomic E-state index is 14.7. The molecule has 51 heavy (non-hydrogen) atoms. The molecule has 0 bridgehead atoms. The zero-order chi connectivity index (χ0) is 35.7. The Morgan fingerprint density at radius 1 is 1.04 bits per heavy atom. The lowest BCUT2D eigenvalue weighted by Crippen LogP contribution is -2.39. The highest BCUT2D eigenvalue weighted by molar-refractivity contribution is 7.18. The van der Waals surface area contributed by atoms with Crippen molar-refractivity contribution in [1.29, 1.82) is 0 Å². The summed E-state index contributed by atoms with van der Waals surface area (Å²) in [6.07, 6.45) is 3.20. The molecule has 1 atom stereocenters. The number of halogens is 1. The topological polar surface area (TPSA) is 95.0 Å². The normalized spacial score (nSPS) is 16.0. The molecule has 0 saturated carbocycles. The lowest BCUT2D eigenvalue weighted by Gasteiger charge is -2.31. The quantitative estimate of drug-likeness (QED) is 0.153. The van der Waals surface area contributed by atoms with Crippen molar-refractivity contribution in [1.82, 2.24) is 20.2 Å². The fourth-order valence-corrected chi connectivity index (χ4v) is 7.88. The van der Waals surface area contributed by atoms with Crippen LogP contribution in [0.2, 0.25) is 0 Å². The number of methoxy groups -OCH3 is 2. The Kier molecular flexibility index (Phi) is 9.96. The van der Waals surface area contributed by atoms with Crippen LogP contribution in [0.3, 0.4) is 0 Å². The van der Waals surface area contributed by atoms with Crippen molar-refractivity contribution in [2.75, 3.05) is 47.1 Å². The molecule has 3 aromatic heterocycles. The smallest absolute Gasteiger partial charge is 0.410 e. The summed E-state index contributed by atoms with van der Waals surface area (Å²) < 4.78 is 38.5. The zero-order valence-electron chi connectivity index (χ0n) is 29.7. The van der Waals surface area contributed by atoms with E-state index in [2.05, 4.69) is 41.0 Å². The molecule has 9 nitrogen and oxygen atoms in total. The molecule has 0 spiro atoms. The van der Waals surface area contributed by atoms with Crippen molar-refractivity contribution < 1.29 is 28.1 Å². The maximum Gasteiger partial charge on any atom is 0.410 e. The number of rotatable bonds is 9. The maximum absolute atomic E-state index is 14.7. The van der Waals surface area contributed by atoms with Gasteiger partial charge in [-0.15, -0.1) is 11.3 Å². The molecular formula is C40H43FN4O5S. The molecule has 1 amide bonds. The predicted octanol–water partition coefficient (Wildman–Crippen LogP) is 8.24. The summed E-state index contributed by atoms with van der Waals surface area (Å²) in [4.78, 5) is 24.9. The average Bonchev–Trinajstić information content (AvgIpc) is 3.84. The fraction of sp³-hybridized carbons (Fsp3) is 0.375. The zero-order valence-corrected chi connectivity index (χ0v) is 30.5. The number of pyridine rings is 2. The SMILES string of the molecule is COCCOc1cc(F)ccc1-c1c(-c2cnc(OC)c(C3CCNC3)c2)nc(-c2ccc3c(c2)CCN(C(=O)OC(C)(C)C)C3)c2ccsc12. The van der Waals surface area contributed by atoms with Crippen LogP contribution < -0.4 is 14.8 Å². The second-order valence-electron chi connectivity index (χ2n) is 14.0. The van der Waals surface area contributed by atoms with E-state index in [4.69, 9.17) is 28.9 Å². The number of thiophene rings is 1. The van der Waals surface area contributed by atoms with E-state index in [0.29, 0.717) is 37.7 Å². The average molecular weight is 711 g/mol. The minimum atomic E-state index is -0.554. The first-order valence-electron chi connectivity index (χ1n) is 17.3. The summed E-state index contributed by atoms with van der Waals surface area (Å²) in [5.74, 6) is 0.885. The number of aromatic nitrogens is 2. The number of nitrogens with zero attached hydrogens (tertiary/aromatic N) is 3. The van der Waals surface area contributed by atoms with E-state index in [0.717, 1.165) is 74.4 Å². The monoisotopic (exact) mass is 710 g/mol. The lowest BCUT2D eigenvalue weighted by molar-refractivity contribution is 0.0224. The van der Waals surface area contributed by atoms with Gasteiger partial charge in [-0.05, 0) is 87.0 Å². The van der Waals surface area contributed by atoms with Gasteiger partial charge in [-0.25, -0.2) is 19.2 Å². The number of nitrogens with one attached hydrogen (secondary N) is 1. The Hall–Kier alpha value is -4.58. The number of ether oxygens (including phenoxy) is 4. The minimum absolute atomic E-state index is 0.250. The summed E-state index contributed by atoms with van der Waals surface area (Å²) in [7, 11) is 3.26. The van der Waals surface area contributed by atoms with Crippen LogP contribution in [0.4, 0.5) is 9.18 Å². The van der Waals surface area contributed by atoms with E-state index in [-0.39, 0.29) is 24.4 Å². The predicted molar refractivity (Wildman–Crippen MR) is 198 cm³/mol. The number of carbonyl (C=O) groups is 1. The highest BCUT2D eigenvalue weighted by atomic mass is 32.1. The van der Waals surface area contributed by atoms with Gasteiger partial charge in [0.05, 0.1) is 25.1 Å². The summed E-state index contributed by atoms with van der Waals surface area (Å²) in [5.41, 5.74) is 7.71. The summed E-state index contributed by atoms with van der Waals surface area (Å²) >= 11 is 1.61. The molecule has 11 heteroatoms. The van der Waals surface area contributed by atoms with Gasteiger partial charge in [-0.2, -0.15) is 0 Å². The van der Waals surface area contributed by atoms with Gasteiger partial charge < -0.3 is 29.2 Å². The molecule has 2 aromatic carbocycles. The van der Waals surface area contributed by atoms with E-state index >= 15 is 0 Å². The Bertz CT molecular complexity index is 2070. The van der Waals surface area contributed by atoms with Crippen LogP contribution in [-0.4, -0.2) is 73.6 Å². The minimum Gasteiger partial charge on any atom is -0.490 e. The lowest BCUT2D eigenvalue weighted by atomic mass is 9.92. The first-order chi connectivity index (χ1) is 24.6. The van der Waals surface area contributed by atoms with Crippen molar-refractivity contribution in [3.05, 3.63) is 82.6 Å². The number of hydrogen-bond acceptors (Lipinski definition) is 9. The second-order valence-corrected chi connectivity index (χ2v) is 14.9. The Morgan fingerprint density at radius 3 is 2.67 bits per heavy atom. The second kappa shape index (κ2) is 14.6. The van der Waals surface area contributed by atoms with Crippen LogP contribution in [0.15, 0.2) is 60.1 Å². The summed E-state index contributed by atoms with van der Waals surface area (Å²) in [6.45, 7) is 9.11. The van der Waals surface area contributed by atoms with Gasteiger partial charge in [0.25, 0.3) is 0 Å². The van der Waals surface area contributed by atoms with Crippen LogP contribution in [0.5, 0.6) is 11.6 Å². The number of hydrogen-bond donors (Lipinski definition) is 1. The number of amides is 1. The molecule has 2 aliphatic rings. The fourth-order valence-electron chi connectivity index (χ4n) is 6.93. The molecule has 1 unspecified atom stereocenters. The van der Waals surface area contributed by atoms with E-state index < -0.39 is 5.60 Å². The van der Waals surface area contributed by atoms with Gasteiger partial charge in [0.15, 0.2) is 0 Å². The standard InChI is InChI=1S/C40H43FN4O5S/c1-40(2,3)50-39(46)45-14-11-24-18-25(6-7-27(24)23-45)35-31-12-17-51-37(31)34(30-9-8-29(41)20-33(30)49-16-15-47-4)36(44-35)28-19-32(26-10-13-42-21-26)38(48-5)43-22-28/h6-9,12,17-20,22,26,42H,10-11,13-16,21,23H2,1-5H3. The summed E-state index contributed by atoms with van der Waals surface area (Å²) in [5, 5.41) is 6.51. The van der Waals surface area contributed by atoms with Gasteiger partial charge in [0.1, 0.15) is 23.8 Å². The highest BCUT2D eigenvalue weighted by Crippen LogP contribution is 2.47. The molecule has 0 aliphatic carbocycles. The molecule has 266 valence electrons. The highest BCUT2D eigenvalue weighted by Gasteiger charge is 2.28. The van der Waals surface area contributed by atoms with Gasteiger partial charge in [0, 0.05) is 82.8 Å².